The molecule has 0 aromatic carbocycles. The molecule has 10 atom stereocenters. The van der Waals surface area contributed by atoms with E-state index in [1.54, 1.807) is 0 Å². The van der Waals surface area contributed by atoms with Crippen molar-refractivity contribution in [3.05, 3.63) is 0 Å². The number of aliphatic hydroxyl groups excluding tert-OH is 2. The Kier molecular flexibility index (Phi) is 6.17. The van der Waals surface area contributed by atoms with Gasteiger partial charge in [-0.3, -0.25) is 0 Å². The van der Waals surface area contributed by atoms with E-state index >= 15 is 0 Å². The van der Waals surface area contributed by atoms with Crippen molar-refractivity contribution in [1.29, 1.82) is 0 Å². The van der Waals surface area contributed by atoms with Crippen molar-refractivity contribution in [2.24, 2.45) is 46.3 Å². The second-order valence-corrected chi connectivity index (χ2v) is 12.9. The summed E-state index contributed by atoms with van der Waals surface area (Å²) in [7, 11) is 1.84. The van der Waals surface area contributed by atoms with E-state index in [4.69, 9.17) is 4.74 Å². The number of hydrogen-bond donors (Lipinski definition) is 2. The van der Waals surface area contributed by atoms with Gasteiger partial charge >= 0.3 is 0 Å². The number of aliphatic hydroxyl groups is 2. The highest BCUT2D eigenvalue weighted by Crippen LogP contribution is 2.68. The summed E-state index contributed by atoms with van der Waals surface area (Å²) in [5.41, 5.74) is 0.650. The van der Waals surface area contributed by atoms with E-state index in [1.165, 1.54) is 32.1 Å². The Balaban J connectivity index is 1.51. The molecule has 0 aromatic rings. The van der Waals surface area contributed by atoms with E-state index in [2.05, 4.69) is 34.6 Å². The molecule has 0 saturated heterocycles. The van der Waals surface area contributed by atoms with Crippen molar-refractivity contribution >= 4 is 0 Å². The van der Waals surface area contributed by atoms with Crippen LogP contribution >= 0.6 is 0 Å². The molecule has 30 heavy (non-hydrogen) atoms. The summed E-state index contributed by atoms with van der Waals surface area (Å²) < 4.78 is 5.69. The van der Waals surface area contributed by atoms with Crippen LogP contribution in [0.4, 0.5) is 0 Å². The van der Waals surface area contributed by atoms with Gasteiger partial charge < -0.3 is 14.9 Å². The molecule has 0 aliphatic heterocycles. The summed E-state index contributed by atoms with van der Waals surface area (Å²) >= 11 is 0. The Morgan fingerprint density at radius 1 is 0.933 bits per heavy atom. The first-order valence-corrected chi connectivity index (χ1v) is 12.9. The van der Waals surface area contributed by atoms with Crippen LogP contribution in [-0.4, -0.2) is 35.1 Å². The van der Waals surface area contributed by atoms with E-state index in [0.717, 1.165) is 55.8 Å². The molecule has 4 aliphatic rings. The van der Waals surface area contributed by atoms with Gasteiger partial charge in [-0.25, -0.2) is 0 Å². The van der Waals surface area contributed by atoms with Crippen molar-refractivity contribution < 1.29 is 14.9 Å². The van der Waals surface area contributed by atoms with Crippen molar-refractivity contribution in [2.45, 2.75) is 117 Å². The van der Waals surface area contributed by atoms with E-state index < -0.39 is 0 Å². The zero-order chi connectivity index (χ0) is 21.9. The van der Waals surface area contributed by atoms with Crippen LogP contribution < -0.4 is 0 Å². The lowest BCUT2D eigenvalue weighted by molar-refractivity contribution is -0.172. The van der Waals surface area contributed by atoms with Gasteiger partial charge in [-0.05, 0) is 124 Å². The first-order chi connectivity index (χ1) is 14.0. The van der Waals surface area contributed by atoms with Crippen LogP contribution in [0, 0.1) is 46.3 Å². The predicted molar refractivity (Wildman–Crippen MR) is 122 cm³/mol. The summed E-state index contributed by atoms with van der Waals surface area (Å²) in [6, 6.07) is 0. The van der Waals surface area contributed by atoms with Crippen LogP contribution in [0.3, 0.4) is 0 Å². The topological polar surface area (TPSA) is 49.7 Å². The molecule has 4 fully saturated rings. The normalized spacial score (nSPS) is 49.8. The van der Waals surface area contributed by atoms with Crippen LogP contribution in [0.25, 0.3) is 0 Å². The maximum Gasteiger partial charge on any atom is 0.0622 e. The maximum absolute atomic E-state index is 11.2. The Morgan fingerprint density at radius 2 is 1.60 bits per heavy atom. The molecule has 0 spiro atoms. The summed E-state index contributed by atoms with van der Waals surface area (Å²) in [4.78, 5) is 0. The lowest BCUT2D eigenvalue weighted by Crippen LogP contribution is -2.58. The third-order valence-corrected chi connectivity index (χ3v) is 11.2. The van der Waals surface area contributed by atoms with Gasteiger partial charge in [-0.15, -0.1) is 0 Å². The summed E-state index contributed by atoms with van der Waals surface area (Å²) in [5, 5.41) is 21.5. The highest BCUT2D eigenvalue weighted by molar-refractivity contribution is 5.11. The molecule has 3 nitrogen and oxygen atoms in total. The molecule has 4 rings (SSSR count). The van der Waals surface area contributed by atoms with Gasteiger partial charge in [0.05, 0.1) is 17.8 Å². The molecule has 0 aromatic heterocycles. The van der Waals surface area contributed by atoms with E-state index in [-0.39, 0.29) is 23.2 Å². The fourth-order valence-corrected chi connectivity index (χ4v) is 9.13. The Morgan fingerprint density at radius 3 is 2.30 bits per heavy atom. The van der Waals surface area contributed by atoms with Gasteiger partial charge in [0.25, 0.3) is 0 Å². The highest BCUT2D eigenvalue weighted by atomic mass is 16.5. The molecular formula is C27H48O3. The van der Waals surface area contributed by atoms with Crippen molar-refractivity contribution in [3.8, 4) is 0 Å². The highest BCUT2D eigenvalue weighted by Gasteiger charge is 2.62. The number of methoxy groups -OCH3 is 1. The predicted octanol–water partition coefficient (Wildman–Crippen LogP) is 5.82. The zero-order valence-electron chi connectivity index (χ0n) is 20.5. The van der Waals surface area contributed by atoms with Gasteiger partial charge in [0.15, 0.2) is 0 Å². The average molecular weight is 421 g/mol. The molecule has 10 unspecified atom stereocenters. The fourth-order valence-electron chi connectivity index (χ4n) is 9.13. The number of rotatable bonds is 5. The molecule has 2 N–H and O–H groups in total. The van der Waals surface area contributed by atoms with Crippen molar-refractivity contribution in [1.82, 2.24) is 0 Å². The van der Waals surface area contributed by atoms with Crippen LogP contribution in [-0.2, 0) is 4.74 Å². The van der Waals surface area contributed by atoms with Crippen molar-refractivity contribution in [2.75, 3.05) is 7.11 Å². The van der Waals surface area contributed by atoms with E-state index in [9.17, 15) is 10.2 Å². The molecule has 3 heteroatoms. The third kappa shape index (κ3) is 3.69. The summed E-state index contributed by atoms with van der Waals surface area (Å²) in [6.45, 7) is 12.0. The second-order valence-electron chi connectivity index (χ2n) is 12.9. The summed E-state index contributed by atoms with van der Waals surface area (Å²) in [6.07, 6.45) is 11.2. The lowest BCUT2D eigenvalue weighted by atomic mass is 9.43. The van der Waals surface area contributed by atoms with Crippen molar-refractivity contribution in [3.63, 3.8) is 0 Å². The second kappa shape index (κ2) is 8.03. The van der Waals surface area contributed by atoms with Gasteiger partial charge in [0.2, 0.25) is 0 Å². The third-order valence-electron chi connectivity index (χ3n) is 11.2. The maximum atomic E-state index is 11.2. The van der Waals surface area contributed by atoms with Gasteiger partial charge in [0.1, 0.15) is 0 Å². The SMILES string of the molecule is COC(C)(C)CCC(C)C1CCC2C3CC(O)C4CC(O)CCC4(C)C3CCC12C. The first kappa shape index (κ1) is 23.1. The molecule has 174 valence electrons. The molecule has 4 aliphatic carbocycles. The molecule has 0 amide bonds. The average Bonchev–Trinajstić information content (AvgIpc) is 3.05. The molecule has 0 heterocycles. The van der Waals surface area contributed by atoms with Crippen LogP contribution in [0.5, 0.6) is 0 Å². The lowest BCUT2D eigenvalue weighted by Gasteiger charge is -2.62. The largest absolute Gasteiger partial charge is 0.393 e. The molecule has 0 bridgehead atoms. The van der Waals surface area contributed by atoms with Crippen LogP contribution in [0.1, 0.15) is 98.8 Å². The standard InChI is InChI=1S/C27H48O3/c1-17(9-12-25(2,3)30-6)20-7-8-21-19-16-24(29)23-15-18(28)10-13-27(23,5)22(19)11-14-26(20,21)4/h17-24,28-29H,7-16H2,1-6H3. The quantitative estimate of drug-likeness (QED) is 0.589. The smallest absolute Gasteiger partial charge is 0.0622 e. The Labute approximate surface area is 185 Å². The van der Waals surface area contributed by atoms with Gasteiger partial charge in [-0.2, -0.15) is 0 Å². The molecular weight excluding hydrogens is 372 g/mol. The molecule has 0 radical (unpaired) electrons. The Bertz CT molecular complexity index is 617. The minimum Gasteiger partial charge on any atom is -0.393 e. The minimum atomic E-state index is -0.215. The Hall–Kier alpha value is -0.120. The van der Waals surface area contributed by atoms with Gasteiger partial charge in [0, 0.05) is 7.11 Å². The number of hydrogen-bond acceptors (Lipinski definition) is 3. The first-order valence-electron chi connectivity index (χ1n) is 12.9. The van der Waals surface area contributed by atoms with E-state index in [0.29, 0.717) is 17.3 Å². The zero-order valence-corrected chi connectivity index (χ0v) is 20.5. The summed E-state index contributed by atoms with van der Waals surface area (Å²) in [5.74, 6) is 4.07. The number of fused-ring (bicyclic) bond motifs is 5. The van der Waals surface area contributed by atoms with E-state index in [1.807, 2.05) is 7.11 Å². The fraction of sp³-hybridized carbons (Fsp3) is 1.00. The number of ether oxygens (including phenoxy) is 1. The van der Waals surface area contributed by atoms with Gasteiger partial charge in [-0.1, -0.05) is 20.8 Å². The van der Waals surface area contributed by atoms with Crippen LogP contribution in [0.2, 0.25) is 0 Å². The van der Waals surface area contributed by atoms with Crippen LogP contribution in [0.15, 0.2) is 0 Å². The monoisotopic (exact) mass is 420 g/mol. The minimum absolute atomic E-state index is 0.0204. The molecule has 4 saturated carbocycles.